The number of nitrogens with one attached hydrogen (secondary N) is 1. The van der Waals surface area contributed by atoms with E-state index >= 15 is 0 Å². The van der Waals surface area contributed by atoms with Gasteiger partial charge in [-0.3, -0.25) is 4.79 Å². The largest absolute Gasteiger partial charge is 0.396 e. The quantitative estimate of drug-likeness (QED) is 0.775. The first-order valence-corrected chi connectivity index (χ1v) is 6.82. The Bertz CT molecular complexity index is 542. The lowest BCUT2D eigenvalue weighted by Gasteiger charge is -2.15. The second kappa shape index (κ2) is 6.88. The van der Waals surface area contributed by atoms with E-state index in [1.54, 1.807) is 24.3 Å². The zero-order chi connectivity index (χ0) is 14.4. The van der Waals surface area contributed by atoms with Gasteiger partial charge in [0.25, 0.3) is 0 Å². The van der Waals surface area contributed by atoms with Crippen LogP contribution in [0, 0.1) is 17.2 Å². The topological polar surface area (TPSA) is 73.1 Å². The van der Waals surface area contributed by atoms with Crippen LogP contribution in [-0.2, 0) is 4.79 Å². The van der Waals surface area contributed by atoms with Crippen molar-refractivity contribution in [3.05, 3.63) is 41.5 Å². The number of aliphatic hydroxyl groups excluding tert-OH is 1. The van der Waals surface area contributed by atoms with E-state index in [-0.39, 0.29) is 18.6 Å². The summed E-state index contributed by atoms with van der Waals surface area (Å²) in [6.45, 7) is 0.0926. The second-order valence-electron chi connectivity index (χ2n) is 5.04. The summed E-state index contributed by atoms with van der Waals surface area (Å²) in [5.74, 6) is 0.360. The number of hydrogen-bond acceptors (Lipinski definition) is 3. The number of benzene rings is 1. The molecule has 20 heavy (non-hydrogen) atoms. The molecule has 0 radical (unpaired) electrons. The van der Waals surface area contributed by atoms with Crippen molar-refractivity contribution in [2.75, 3.05) is 6.61 Å². The van der Waals surface area contributed by atoms with Gasteiger partial charge in [0.1, 0.15) is 0 Å². The summed E-state index contributed by atoms with van der Waals surface area (Å²) in [6.07, 6.45) is 6.02. The van der Waals surface area contributed by atoms with Gasteiger partial charge >= 0.3 is 0 Å². The Balaban J connectivity index is 1.92. The van der Waals surface area contributed by atoms with Crippen LogP contribution in [0.15, 0.2) is 30.3 Å². The molecule has 0 aliphatic heterocycles. The SMILES string of the molecule is N#Cc1cccc(/C=C/C(=O)NC(CCO)C2CC2)c1. The summed E-state index contributed by atoms with van der Waals surface area (Å²) in [5, 5.41) is 20.7. The number of rotatable bonds is 6. The summed E-state index contributed by atoms with van der Waals surface area (Å²) < 4.78 is 0. The highest BCUT2D eigenvalue weighted by Crippen LogP contribution is 2.33. The number of nitriles is 1. The zero-order valence-electron chi connectivity index (χ0n) is 11.2. The predicted octanol–water partition coefficient (Wildman–Crippen LogP) is 1.85. The average Bonchev–Trinajstić information content (AvgIpc) is 3.29. The highest BCUT2D eigenvalue weighted by atomic mass is 16.3. The lowest BCUT2D eigenvalue weighted by atomic mass is 10.1. The third-order valence-electron chi connectivity index (χ3n) is 3.40. The lowest BCUT2D eigenvalue weighted by molar-refractivity contribution is -0.117. The van der Waals surface area contributed by atoms with Crippen molar-refractivity contribution >= 4 is 12.0 Å². The van der Waals surface area contributed by atoms with Crippen molar-refractivity contribution in [2.45, 2.75) is 25.3 Å². The number of aliphatic hydroxyl groups is 1. The van der Waals surface area contributed by atoms with Crippen LogP contribution >= 0.6 is 0 Å². The number of amides is 1. The van der Waals surface area contributed by atoms with Crippen molar-refractivity contribution in [1.29, 1.82) is 5.26 Å². The standard InChI is InChI=1S/C16H18N2O2/c17-11-13-3-1-2-12(10-13)4-7-16(20)18-15(8-9-19)14-5-6-14/h1-4,7,10,14-15,19H,5-6,8-9H2,(H,18,20)/b7-4+. The molecule has 4 nitrogen and oxygen atoms in total. The van der Waals surface area contributed by atoms with Gasteiger partial charge in [-0.2, -0.15) is 5.26 Å². The average molecular weight is 270 g/mol. The van der Waals surface area contributed by atoms with Crippen LogP contribution in [0.3, 0.4) is 0 Å². The Hall–Kier alpha value is -2.12. The minimum atomic E-state index is -0.155. The summed E-state index contributed by atoms with van der Waals surface area (Å²) in [6, 6.07) is 9.22. The molecule has 4 heteroatoms. The minimum Gasteiger partial charge on any atom is -0.396 e. The maximum atomic E-state index is 11.8. The fourth-order valence-electron chi connectivity index (χ4n) is 2.18. The van der Waals surface area contributed by atoms with Crippen molar-refractivity contribution in [3.63, 3.8) is 0 Å². The van der Waals surface area contributed by atoms with Gasteiger partial charge in [0.2, 0.25) is 5.91 Å². The first-order chi connectivity index (χ1) is 9.72. The van der Waals surface area contributed by atoms with Gasteiger partial charge in [0, 0.05) is 18.7 Å². The van der Waals surface area contributed by atoms with Crippen LogP contribution in [0.25, 0.3) is 6.08 Å². The van der Waals surface area contributed by atoms with E-state index in [0.717, 1.165) is 18.4 Å². The van der Waals surface area contributed by atoms with Gasteiger partial charge in [-0.25, -0.2) is 0 Å². The molecule has 1 unspecified atom stereocenters. The molecule has 0 spiro atoms. The molecule has 0 saturated heterocycles. The summed E-state index contributed by atoms with van der Waals surface area (Å²) in [7, 11) is 0. The van der Waals surface area contributed by atoms with Crippen molar-refractivity contribution in [3.8, 4) is 6.07 Å². The van der Waals surface area contributed by atoms with Crippen LogP contribution in [0.1, 0.15) is 30.4 Å². The molecule has 2 rings (SSSR count). The van der Waals surface area contributed by atoms with E-state index in [1.807, 2.05) is 6.07 Å². The zero-order valence-corrected chi connectivity index (χ0v) is 11.2. The number of carbonyl (C=O) groups excluding carboxylic acids is 1. The number of carbonyl (C=O) groups is 1. The molecule has 1 aliphatic rings. The Labute approximate surface area is 118 Å². The Morgan fingerprint density at radius 3 is 3.00 bits per heavy atom. The monoisotopic (exact) mass is 270 g/mol. The predicted molar refractivity (Wildman–Crippen MR) is 76.5 cm³/mol. The molecule has 0 bridgehead atoms. The van der Waals surface area contributed by atoms with Crippen molar-refractivity contribution < 1.29 is 9.90 Å². The van der Waals surface area contributed by atoms with Crippen molar-refractivity contribution in [2.24, 2.45) is 5.92 Å². The highest BCUT2D eigenvalue weighted by molar-refractivity contribution is 5.92. The third kappa shape index (κ3) is 4.22. The van der Waals surface area contributed by atoms with Crippen LogP contribution < -0.4 is 5.32 Å². The van der Waals surface area contributed by atoms with E-state index in [9.17, 15) is 4.79 Å². The first kappa shape index (κ1) is 14.3. The fourth-order valence-corrected chi connectivity index (χ4v) is 2.18. The number of hydrogen-bond donors (Lipinski definition) is 2. The van der Waals surface area contributed by atoms with Gasteiger partial charge in [0.15, 0.2) is 0 Å². The third-order valence-corrected chi connectivity index (χ3v) is 3.40. The molecule has 1 aliphatic carbocycles. The molecular weight excluding hydrogens is 252 g/mol. The van der Waals surface area contributed by atoms with Gasteiger partial charge in [-0.15, -0.1) is 0 Å². The van der Waals surface area contributed by atoms with Crippen LogP contribution in [-0.4, -0.2) is 23.7 Å². The maximum absolute atomic E-state index is 11.8. The van der Waals surface area contributed by atoms with E-state index < -0.39 is 0 Å². The van der Waals surface area contributed by atoms with Gasteiger partial charge in [-0.1, -0.05) is 12.1 Å². The van der Waals surface area contributed by atoms with Gasteiger partial charge in [0.05, 0.1) is 11.6 Å². The molecule has 1 aromatic rings. The normalized spacial score (nSPS) is 15.8. The lowest BCUT2D eigenvalue weighted by Crippen LogP contribution is -2.36. The highest BCUT2D eigenvalue weighted by Gasteiger charge is 2.31. The summed E-state index contributed by atoms with van der Waals surface area (Å²) in [4.78, 5) is 11.8. The first-order valence-electron chi connectivity index (χ1n) is 6.82. The molecule has 1 saturated carbocycles. The van der Waals surface area contributed by atoms with E-state index in [4.69, 9.17) is 10.4 Å². The Morgan fingerprint density at radius 2 is 2.35 bits per heavy atom. The van der Waals surface area contributed by atoms with Crippen molar-refractivity contribution in [1.82, 2.24) is 5.32 Å². The molecule has 104 valence electrons. The minimum absolute atomic E-state index is 0.0718. The van der Waals surface area contributed by atoms with Gasteiger partial charge < -0.3 is 10.4 Å². The van der Waals surface area contributed by atoms with E-state index in [2.05, 4.69) is 11.4 Å². The molecule has 1 aromatic carbocycles. The summed E-state index contributed by atoms with van der Waals surface area (Å²) in [5.41, 5.74) is 1.40. The molecular formula is C16H18N2O2. The van der Waals surface area contributed by atoms with Crippen LogP contribution in [0.5, 0.6) is 0 Å². The second-order valence-corrected chi connectivity index (χ2v) is 5.04. The molecule has 1 fully saturated rings. The molecule has 1 atom stereocenters. The molecule has 0 aromatic heterocycles. The summed E-state index contributed by atoms with van der Waals surface area (Å²) >= 11 is 0. The fraction of sp³-hybridized carbons (Fsp3) is 0.375. The van der Waals surface area contributed by atoms with E-state index in [0.29, 0.717) is 17.9 Å². The van der Waals surface area contributed by atoms with Gasteiger partial charge in [-0.05, 0) is 49.0 Å². The Kier molecular flexibility index (Phi) is 4.91. The molecule has 1 amide bonds. The van der Waals surface area contributed by atoms with Crippen LogP contribution in [0.4, 0.5) is 0 Å². The maximum Gasteiger partial charge on any atom is 0.244 e. The molecule has 0 heterocycles. The molecule has 2 N–H and O–H groups in total. The van der Waals surface area contributed by atoms with Crippen LogP contribution in [0.2, 0.25) is 0 Å². The Morgan fingerprint density at radius 1 is 1.55 bits per heavy atom. The number of nitrogens with zero attached hydrogens (tertiary/aromatic N) is 1. The smallest absolute Gasteiger partial charge is 0.244 e. The van der Waals surface area contributed by atoms with E-state index in [1.165, 1.54) is 6.08 Å².